The van der Waals surface area contributed by atoms with Gasteiger partial charge in [-0.2, -0.15) is 5.10 Å². The molecule has 0 radical (unpaired) electrons. The van der Waals surface area contributed by atoms with Crippen LogP contribution in [0.3, 0.4) is 0 Å². The molecule has 0 bridgehead atoms. The normalized spacial score (nSPS) is 15.6. The number of fused-ring (bicyclic) bond motifs is 1. The van der Waals surface area contributed by atoms with Crippen molar-refractivity contribution in [3.05, 3.63) is 70.4 Å². The lowest BCUT2D eigenvalue weighted by Crippen LogP contribution is -2.49. The van der Waals surface area contributed by atoms with Gasteiger partial charge in [0.2, 0.25) is 0 Å². The van der Waals surface area contributed by atoms with Crippen LogP contribution in [0.25, 0.3) is 5.52 Å². The SMILES string of the molecule is CC(C)(C)c1ccc(=O)n(CCN2CCN(C(=O)c3cc4ccccn4c3)CC2)n1. The van der Waals surface area contributed by atoms with Crippen molar-refractivity contribution in [2.45, 2.75) is 32.7 Å². The fourth-order valence-corrected chi connectivity index (χ4v) is 3.77. The zero-order chi connectivity index (χ0) is 21.3. The van der Waals surface area contributed by atoms with E-state index < -0.39 is 0 Å². The minimum atomic E-state index is -0.0919. The molecule has 0 unspecified atom stereocenters. The summed E-state index contributed by atoms with van der Waals surface area (Å²) in [4.78, 5) is 29.2. The lowest BCUT2D eigenvalue weighted by Gasteiger charge is -2.34. The van der Waals surface area contributed by atoms with E-state index in [9.17, 15) is 9.59 Å². The first-order valence-electron chi connectivity index (χ1n) is 10.5. The fraction of sp³-hybridized carbons (Fsp3) is 0.435. The maximum Gasteiger partial charge on any atom is 0.266 e. The van der Waals surface area contributed by atoms with Gasteiger partial charge in [-0.15, -0.1) is 0 Å². The standard InChI is InChI=1S/C23H29N5O2/c1-23(2,3)20-7-8-21(29)28(24-20)15-12-25-10-13-26(14-11-25)22(30)18-16-19-6-4-5-9-27(19)17-18/h4-9,16-17H,10-15H2,1-3H3. The molecule has 1 saturated heterocycles. The van der Waals surface area contributed by atoms with Crippen LogP contribution in [0.4, 0.5) is 0 Å². The summed E-state index contributed by atoms with van der Waals surface area (Å²) < 4.78 is 3.53. The molecule has 1 fully saturated rings. The first kappa shape index (κ1) is 20.3. The number of piperazine rings is 1. The van der Waals surface area contributed by atoms with E-state index in [1.807, 2.05) is 52.0 Å². The Morgan fingerprint density at radius 2 is 1.80 bits per heavy atom. The van der Waals surface area contributed by atoms with Crippen molar-refractivity contribution in [1.29, 1.82) is 0 Å². The van der Waals surface area contributed by atoms with Gasteiger partial charge in [-0.1, -0.05) is 26.8 Å². The molecule has 0 saturated carbocycles. The van der Waals surface area contributed by atoms with Crippen LogP contribution in [-0.4, -0.2) is 62.6 Å². The third-order valence-corrected chi connectivity index (χ3v) is 5.67. The molecule has 158 valence electrons. The van der Waals surface area contributed by atoms with E-state index in [4.69, 9.17) is 0 Å². The molecule has 0 aliphatic carbocycles. The lowest BCUT2D eigenvalue weighted by atomic mass is 9.92. The highest BCUT2D eigenvalue weighted by Crippen LogP contribution is 2.18. The maximum atomic E-state index is 12.9. The molecule has 7 heteroatoms. The number of aromatic nitrogens is 3. The monoisotopic (exact) mass is 407 g/mol. The number of carbonyl (C=O) groups is 1. The van der Waals surface area contributed by atoms with Crippen molar-refractivity contribution in [3.63, 3.8) is 0 Å². The molecule has 3 aromatic heterocycles. The summed E-state index contributed by atoms with van der Waals surface area (Å²) in [7, 11) is 0. The van der Waals surface area contributed by atoms with Gasteiger partial charge in [0.1, 0.15) is 0 Å². The second-order valence-corrected chi connectivity index (χ2v) is 8.93. The van der Waals surface area contributed by atoms with Gasteiger partial charge in [0.05, 0.1) is 17.8 Å². The zero-order valence-corrected chi connectivity index (χ0v) is 17.9. The third-order valence-electron chi connectivity index (χ3n) is 5.67. The average molecular weight is 408 g/mol. The molecule has 1 aliphatic heterocycles. The van der Waals surface area contributed by atoms with Crippen molar-refractivity contribution in [3.8, 4) is 0 Å². The minimum Gasteiger partial charge on any atom is -0.336 e. The van der Waals surface area contributed by atoms with E-state index in [1.54, 1.807) is 10.7 Å². The lowest BCUT2D eigenvalue weighted by molar-refractivity contribution is 0.0631. The molecule has 0 atom stereocenters. The molecule has 0 N–H and O–H groups in total. The summed E-state index contributed by atoms with van der Waals surface area (Å²) in [5.41, 5.74) is 2.50. The van der Waals surface area contributed by atoms with E-state index >= 15 is 0 Å². The van der Waals surface area contributed by atoms with E-state index in [2.05, 4.69) is 30.8 Å². The molecule has 1 aliphatic rings. The summed E-state index contributed by atoms with van der Waals surface area (Å²) in [6.07, 6.45) is 3.85. The summed E-state index contributed by atoms with van der Waals surface area (Å²) in [5.74, 6) is 0.0779. The number of carbonyl (C=O) groups excluding carboxylic acids is 1. The van der Waals surface area contributed by atoms with Crippen LogP contribution < -0.4 is 5.56 Å². The minimum absolute atomic E-state index is 0.0717. The van der Waals surface area contributed by atoms with Gasteiger partial charge >= 0.3 is 0 Å². The number of amides is 1. The van der Waals surface area contributed by atoms with Crippen LogP contribution in [0.15, 0.2) is 53.6 Å². The Labute approximate surface area is 176 Å². The first-order valence-corrected chi connectivity index (χ1v) is 10.5. The highest BCUT2D eigenvalue weighted by molar-refractivity contribution is 5.95. The van der Waals surface area contributed by atoms with Gasteiger partial charge in [0.25, 0.3) is 11.5 Å². The van der Waals surface area contributed by atoms with Crippen molar-refractivity contribution < 1.29 is 4.79 Å². The topological polar surface area (TPSA) is 62.9 Å². The van der Waals surface area contributed by atoms with Crippen molar-refractivity contribution in [2.75, 3.05) is 32.7 Å². The molecular formula is C23H29N5O2. The molecule has 1 amide bonds. The van der Waals surface area contributed by atoms with E-state index in [0.717, 1.165) is 36.4 Å². The van der Waals surface area contributed by atoms with Crippen molar-refractivity contribution in [2.24, 2.45) is 0 Å². The molecule has 3 aromatic rings. The number of rotatable bonds is 4. The van der Waals surface area contributed by atoms with E-state index in [0.29, 0.717) is 19.6 Å². The molecule has 4 rings (SSSR count). The molecule has 7 nitrogen and oxygen atoms in total. The highest BCUT2D eigenvalue weighted by atomic mass is 16.2. The zero-order valence-electron chi connectivity index (χ0n) is 17.9. The fourth-order valence-electron chi connectivity index (χ4n) is 3.77. The van der Waals surface area contributed by atoms with Gasteiger partial charge in [-0.3, -0.25) is 14.5 Å². The van der Waals surface area contributed by atoms with E-state index in [1.165, 1.54) is 0 Å². The van der Waals surface area contributed by atoms with Crippen molar-refractivity contribution in [1.82, 2.24) is 24.0 Å². The third kappa shape index (κ3) is 4.31. The van der Waals surface area contributed by atoms with Gasteiger partial charge < -0.3 is 9.30 Å². The van der Waals surface area contributed by atoms with Crippen LogP contribution in [-0.2, 0) is 12.0 Å². The quantitative estimate of drug-likeness (QED) is 0.666. The average Bonchev–Trinajstić information content (AvgIpc) is 3.16. The molecule has 0 aromatic carbocycles. The number of hydrogen-bond donors (Lipinski definition) is 0. The van der Waals surface area contributed by atoms with E-state index in [-0.39, 0.29) is 16.9 Å². The van der Waals surface area contributed by atoms with Crippen LogP contribution in [0.2, 0.25) is 0 Å². The Hall–Kier alpha value is -2.93. The Balaban J connectivity index is 1.34. The van der Waals surface area contributed by atoms with Crippen molar-refractivity contribution >= 4 is 11.4 Å². The van der Waals surface area contributed by atoms with Gasteiger partial charge in [-0.25, -0.2) is 4.68 Å². The first-order chi connectivity index (χ1) is 14.3. The predicted octanol–water partition coefficient (Wildman–Crippen LogP) is 2.25. The van der Waals surface area contributed by atoms with Gasteiger partial charge in [-0.05, 0) is 24.3 Å². The largest absolute Gasteiger partial charge is 0.336 e. The summed E-state index contributed by atoms with van der Waals surface area (Å²) in [6, 6.07) is 11.3. The molecular weight excluding hydrogens is 378 g/mol. The Morgan fingerprint density at radius 3 is 2.50 bits per heavy atom. The van der Waals surface area contributed by atoms with Crippen LogP contribution in [0.5, 0.6) is 0 Å². The summed E-state index contributed by atoms with van der Waals surface area (Å²) in [6.45, 7) is 10.6. The van der Waals surface area contributed by atoms with Gasteiger partial charge in [0, 0.05) is 62.1 Å². The second kappa shape index (κ2) is 8.07. The maximum absolute atomic E-state index is 12.9. The Bertz CT molecular complexity index is 1070. The summed E-state index contributed by atoms with van der Waals surface area (Å²) >= 11 is 0. The second-order valence-electron chi connectivity index (χ2n) is 8.93. The van der Waals surface area contributed by atoms with Crippen LogP contribution in [0.1, 0.15) is 36.8 Å². The predicted molar refractivity (Wildman–Crippen MR) is 117 cm³/mol. The molecule has 30 heavy (non-hydrogen) atoms. The Morgan fingerprint density at radius 1 is 1.03 bits per heavy atom. The smallest absolute Gasteiger partial charge is 0.266 e. The Kier molecular flexibility index (Phi) is 5.47. The van der Waals surface area contributed by atoms with Crippen LogP contribution in [0, 0.1) is 0 Å². The number of nitrogens with zero attached hydrogens (tertiary/aromatic N) is 5. The van der Waals surface area contributed by atoms with Gasteiger partial charge in [0.15, 0.2) is 0 Å². The highest BCUT2D eigenvalue weighted by Gasteiger charge is 2.23. The van der Waals surface area contributed by atoms with Crippen LogP contribution >= 0.6 is 0 Å². The number of hydrogen-bond acceptors (Lipinski definition) is 4. The molecule has 4 heterocycles. The molecule has 0 spiro atoms. The number of pyridine rings is 1. The summed E-state index contributed by atoms with van der Waals surface area (Å²) in [5, 5.41) is 4.54.